The number of nitro groups is 1. The fourth-order valence-electron chi connectivity index (χ4n) is 1.12. The summed E-state index contributed by atoms with van der Waals surface area (Å²) in [6.45, 7) is 0. The number of hydrogen-bond acceptors (Lipinski definition) is 4. The molecule has 16 heavy (non-hydrogen) atoms. The highest BCUT2D eigenvalue weighted by Gasteiger charge is 2.19. The predicted octanol–water partition coefficient (Wildman–Crippen LogP) is 2.21. The topological polar surface area (TPSA) is 69.4 Å². The number of benzene rings is 1. The van der Waals surface area contributed by atoms with Gasteiger partial charge in [-0.25, -0.2) is 4.39 Å². The maximum Gasteiger partial charge on any atom is 0.310 e. The highest BCUT2D eigenvalue weighted by molar-refractivity contribution is 9.10. The van der Waals surface area contributed by atoms with E-state index in [0.717, 1.165) is 19.2 Å². The second kappa shape index (κ2) is 5.02. The molecule has 0 saturated carbocycles. The number of ether oxygens (including phenoxy) is 1. The van der Waals surface area contributed by atoms with Crippen molar-refractivity contribution < 1.29 is 18.8 Å². The van der Waals surface area contributed by atoms with Crippen LogP contribution in [-0.2, 0) is 16.0 Å². The highest BCUT2D eigenvalue weighted by atomic mass is 79.9. The van der Waals surface area contributed by atoms with Gasteiger partial charge in [0, 0.05) is 11.6 Å². The summed E-state index contributed by atoms with van der Waals surface area (Å²) in [4.78, 5) is 21.0. The molecule has 86 valence electrons. The third-order valence-electron chi connectivity index (χ3n) is 1.88. The smallest absolute Gasteiger partial charge is 0.310 e. The molecule has 0 aromatic heterocycles. The zero-order valence-corrected chi connectivity index (χ0v) is 9.78. The third kappa shape index (κ3) is 2.75. The first-order valence-corrected chi connectivity index (χ1v) is 4.94. The first kappa shape index (κ1) is 12.6. The molecule has 0 radical (unpaired) electrons. The van der Waals surface area contributed by atoms with Gasteiger partial charge in [-0.3, -0.25) is 14.9 Å². The highest BCUT2D eigenvalue weighted by Crippen LogP contribution is 2.27. The molecule has 0 spiro atoms. The van der Waals surface area contributed by atoms with Crippen LogP contribution in [-0.4, -0.2) is 18.0 Å². The number of carbonyl (C=O) groups excluding carboxylic acids is 1. The van der Waals surface area contributed by atoms with Crippen LogP contribution >= 0.6 is 15.9 Å². The second-order valence-corrected chi connectivity index (χ2v) is 3.76. The number of rotatable bonds is 3. The Hall–Kier alpha value is -1.50. The number of halogens is 2. The molecular formula is C9H7BrFNO4. The average Bonchev–Trinajstić information content (AvgIpc) is 2.22. The molecular weight excluding hydrogens is 285 g/mol. The third-order valence-corrected chi connectivity index (χ3v) is 2.49. The van der Waals surface area contributed by atoms with Gasteiger partial charge in [-0.1, -0.05) is 0 Å². The number of carbonyl (C=O) groups is 1. The van der Waals surface area contributed by atoms with Crippen LogP contribution in [0.1, 0.15) is 5.56 Å². The average molecular weight is 292 g/mol. The molecule has 0 heterocycles. The standard InChI is InChI=1S/C9H7BrFNO4/c1-16-9(13)3-5-2-7(11)6(10)4-8(5)12(14)15/h2,4H,3H2,1H3. The van der Waals surface area contributed by atoms with Crippen molar-refractivity contribution in [2.45, 2.75) is 6.42 Å². The van der Waals surface area contributed by atoms with Gasteiger partial charge in [0.05, 0.1) is 22.9 Å². The summed E-state index contributed by atoms with van der Waals surface area (Å²) in [5.74, 6) is -1.32. The van der Waals surface area contributed by atoms with E-state index in [1.54, 1.807) is 0 Å². The molecule has 0 aliphatic heterocycles. The van der Waals surface area contributed by atoms with E-state index in [-0.39, 0.29) is 22.1 Å². The molecule has 5 nitrogen and oxygen atoms in total. The summed E-state index contributed by atoms with van der Waals surface area (Å²) >= 11 is 2.84. The molecule has 1 aromatic carbocycles. The van der Waals surface area contributed by atoms with Gasteiger partial charge in [0.25, 0.3) is 5.69 Å². The Bertz CT molecular complexity index is 449. The lowest BCUT2D eigenvalue weighted by Gasteiger charge is -2.03. The van der Waals surface area contributed by atoms with Crippen molar-refractivity contribution in [1.29, 1.82) is 0 Å². The molecule has 0 aliphatic carbocycles. The van der Waals surface area contributed by atoms with Crippen molar-refractivity contribution in [3.05, 3.63) is 38.1 Å². The SMILES string of the molecule is COC(=O)Cc1cc(F)c(Br)cc1[N+](=O)[O-]. The zero-order valence-electron chi connectivity index (χ0n) is 8.20. The molecule has 7 heteroatoms. The number of esters is 1. The second-order valence-electron chi connectivity index (χ2n) is 2.91. The van der Waals surface area contributed by atoms with Gasteiger partial charge in [0.2, 0.25) is 0 Å². The zero-order chi connectivity index (χ0) is 12.3. The molecule has 0 amide bonds. The molecule has 0 N–H and O–H groups in total. The summed E-state index contributed by atoms with van der Waals surface area (Å²) in [5.41, 5.74) is -0.337. The van der Waals surface area contributed by atoms with E-state index in [0.29, 0.717) is 0 Å². The van der Waals surface area contributed by atoms with E-state index in [9.17, 15) is 19.3 Å². The lowest BCUT2D eigenvalue weighted by atomic mass is 10.1. The largest absolute Gasteiger partial charge is 0.469 e. The molecule has 0 unspecified atom stereocenters. The maximum atomic E-state index is 13.2. The van der Waals surface area contributed by atoms with E-state index in [2.05, 4.69) is 20.7 Å². The van der Waals surface area contributed by atoms with Crippen molar-refractivity contribution >= 4 is 27.6 Å². The van der Waals surface area contributed by atoms with Crippen molar-refractivity contribution in [1.82, 2.24) is 0 Å². The summed E-state index contributed by atoms with van der Waals surface area (Å²) < 4.78 is 17.5. The van der Waals surface area contributed by atoms with Crippen molar-refractivity contribution in [3.8, 4) is 0 Å². The number of hydrogen-bond donors (Lipinski definition) is 0. The van der Waals surface area contributed by atoms with Crippen LogP contribution in [0, 0.1) is 15.9 Å². The quantitative estimate of drug-likeness (QED) is 0.486. The minimum atomic E-state index is -0.678. The van der Waals surface area contributed by atoms with Crippen LogP contribution in [0.4, 0.5) is 10.1 Å². The van der Waals surface area contributed by atoms with E-state index in [1.807, 2.05) is 0 Å². The molecule has 0 bridgehead atoms. The fraction of sp³-hybridized carbons (Fsp3) is 0.222. The van der Waals surface area contributed by atoms with E-state index in [1.165, 1.54) is 0 Å². The summed E-state index contributed by atoms with van der Waals surface area (Å²) in [6, 6.07) is 1.97. The van der Waals surface area contributed by atoms with Gasteiger partial charge >= 0.3 is 5.97 Å². The van der Waals surface area contributed by atoms with Crippen LogP contribution in [0.2, 0.25) is 0 Å². The van der Waals surface area contributed by atoms with Crippen LogP contribution < -0.4 is 0 Å². The molecule has 1 aromatic rings. The maximum absolute atomic E-state index is 13.2. The molecule has 0 fully saturated rings. The fourth-order valence-corrected chi connectivity index (χ4v) is 1.45. The normalized spacial score (nSPS) is 9.94. The van der Waals surface area contributed by atoms with Gasteiger partial charge in [0.15, 0.2) is 0 Å². The van der Waals surface area contributed by atoms with Crippen LogP contribution in [0.25, 0.3) is 0 Å². The molecule has 0 aliphatic rings. The predicted molar refractivity (Wildman–Crippen MR) is 56.5 cm³/mol. The Morgan fingerprint density at radius 2 is 2.25 bits per heavy atom. The number of methoxy groups -OCH3 is 1. The monoisotopic (exact) mass is 291 g/mol. The van der Waals surface area contributed by atoms with Gasteiger partial charge < -0.3 is 4.74 Å². The lowest BCUT2D eigenvalue weighted by molar-refractivity contribution is -0.385. The van der Waals surface area contributed by atoms with Crippen LogP contribution in [0.3, 0.4) is 0 Å². The minimum absolute atomic E-state index is 0.0162. The molecule has 1 rings (SSSR count). The molecule has 0 atom stereocenters. The summed E-state index contributed by atoms with van der Waals surface area (Å²) in [6.07, 6.45) is -0.336. The van der Waals surface area contributed by atoms with Gasteiger partial charge in [-0.2, -0.15) is 0 Å². The summed E-state index contributed by atoms with van der Waals surface area (Å²) in [5, 5.41) is 10.7. The van der Waals surface area contributed by atoms with Gasteiger partial charge in [0.1, 0.15) is 5.82 Å². The van der Waals surface area contributed by atoms with E-state index >= 15 is 0 Å². The Morgan fingerprint density at radius 1 is 1.62 bits per heavy atom. The van der Waals surface area contributed by atoms with Crippen molar-refractivity contribution in [2.24, 2.45) is 0 Å². The summed E-state index contributed by atoms with van der Waals surface area (Å²) in [7, 11) is 1.16. The number of nitro benzene ring substituents is 1. The van der Waals surface area contributed by atoms with E-state index in [4.69, 9.17) is 0 Å². The first-order chi connectivity index (χ1) is 7.45. The number of nitrogens with zero attached hydrogens (tertiary/aromatic N) is 1. The van der Waals surface area contributed by atoms with Crippen molar-refractivity contribution in [3.63, 3.8) is 0 Å². The van der Waals surface area contributed by atoms with Crippen LogP contribution in [0.5, 0.6) is 0 Å². The Labute approximate surface area is 98.5 Å². The Kier molecular flexibility index (Phi) is 3.94. The van der Waals surface area contributed by atoms with Gasteiger partial charge in [-0.05, 0) is 22.0 Å². The lowest BCUT2D eigenvalue weighted by Crippen LogP contribution is -2.07. The first-order valence-electron chi connectivity index (χ1n) is 4.15. The molecule has 0 saturated heterocycles. The van der Waals surface area contributed by atoms with E-state index < -0.39 is 16.7 Å². The van der Waals surface area contributed by atoms with Crippen molar-refractivity contribution in [2.75, 3.05) is 7.11 Å². The Balaban J connectivity index is 3.19. The minimum Gasteiger partial charge on any atom is -0.469 e. The van der Waals surface area contributed by atoms with Gasteiger partial charge in [-0.15, -0.1) is 0 Å². The Morgan fingerprint density at radius 3 is 2.75 bits per heavy atom. The van der Waals surface area contributed by atoms with Crippen LogP contribution in [0.15, 0.2) is 16.6 Å².